The van der Waals surface area contributed by atoms with Gasteiger partial charge in [-0.05, 0) is 18.2 Å². The number of nitrogens with zero attached hydrogens (tertiary/aromatic N) is 3. The maximum atomic E-state index is 12.5. The zero-order valence-electron chi connectivity index (χ0n) is 12.7. The van der Waals surface area contributed by atoms with Crippen LogP contribution in [0.5, 0.6) is 0 Å². The Labute approximate surface area is 151 Å². The molecule has 0 saturated heterocycles. The summed E-state index contributed by atoms with van der Waals surface area (Å²) in [7, 11) is 0. The molecular formula is C17H10ClN3O3S. The topological polar surface area (TPSA) is 77.5 Å². The van der Waals surface area contributed by atoms with Crippen molar-refractivity contribution in [1.82, 2.24) is 4.57 Å². The summed E-state index contributed by atoms with van der Waals surface area (Å²) < 4.78 is 2.66. The maximum Gasteiger partial charge on any atom is 0.281 e. The van der Waals surface area contributed by atoms with Crippen LogP contribution in [0.4, 0.5) is 5.69 Å². The molecule has 0 unspecified atom stereocenters. The number of hydrogen-bond acceptors (Lipinski definition) is 4. The third-order valence-corrected chi connectivity index (χ3v) is 4.81. The third kappa shape index (κ3) is 3.31. The molecule has 124 valence electrons. The van der Waals surface area contributed by atoms with Gasteiger partial charge in [-0.3, -0.25) is 14.9 Å². The normalized spacial score (nSPS) is 11.4. The number of nitro groups is 1. The number of carbonyl (C=O) groups excluding carboxylic acids is 1. The minimum atomic E-state index is -0.661. The lowest BCUT2D eigenvalue weighted by Crippen LogP contribution is -2.16. The molecule has 25 heavy (non-hydrogen) atoms. The molecule has 8 heteroatoms. The highest BCUT2D eigenvalue weighted by atomic mass is 35.5. The minimum absolute atomic E-state index is 0.0272. The monoisotopic (exact) mass is 371 g/mol. The van der Waals surface area contributed by atoms with E-state index in [1.165, 1.54) is 23.5 Å². The predicted octanol–water partition coefficient (Wildman–Crippen LogP) is 3.64. The highest BCUT2D eigenvalue weighted by Gasteiger charge is 2.16. The average molecular weight is 372 g/mol. The fourth-order valence-electron chi connectivity index (χ4n) is 2.29. The van der Waals surface area contributed by atoms with Crippen molar-refractivity contribution in [3.05, 3.63) is 68.0 Å². The van der Waals surface area contributed by atoms with Gasteiger partial charge in [0.15, 0.2) is 4.80 Å². The molecule has 0 radical (unpaired) electrons. The van der Waals surface area contributed by atoms with E-state index in [0.717, 1.165) is 16.3 Å². The van der Waals surface area contributed by atoms with Crippen molar-refractivity contribution in [2.75, 3.05) is 0 Å². The Hall–Kier alpha value is -2.95. The molecule has 6 nitrogen and oxygen atoms in total. The van der Waals surface area contributed by atoms with E-state index in [4.69, 9.17) is 18.0 Å². The second-order valence-corrected chi connectivity index (χ2v) is 6.40. The van der Waals surface area contributed by atoms with Crippen LogP contribution in [-0.4, -0.2) is 15.4 Å². The molecule has 0 N–H and O–H groups in total. The number of thiazole rings is 1. The fraction of sp³-hybridized carbons (Fsp3) is 0.0588. The standard InChI is InChI=1S/C17H10ClN3O3S/c1-2-9-20-14-5-3-4-6-15(14)25-17(20)19-16(22)12-10-11(21(23)24)7-8-13(12)18/h1,3-8,10H,9H2. The molecule has 1 amide bonds. The minimum Gasteiger partial charge on any atom is -0.305 e. The number of aromatic nitrogens is 1. The summed E-state index contributed by atoms with van der Waals surface area (Å²) in [5, 5.41) is 11.0. The summed E-state index contributed by atoms with van der Waals surface area (Å²) in [6, 6.07) is 11.2. The van der Waals surface area contributed by atoms with Gasteiger partial charge in [-0.1, -0.05) is 41.0 Å². The quantitative estimate of drug-likeness (QED) is 0.400. The molecule has 0 aliphatic rings. The second kappa shape index (κ2) is 6.89. The van der Waals surface area contributed by atoms with Crippen molar-refractivity contribution in [2.24, 2.45) is 4.99 Å². The number of para-hydroxylation sites is 1. The van der Waals surface area contributed by atoms with E-state index in [-0.39, 0.29) is 22.8 Å². The first-order chi connectivity index (χ1) is 12.0. The Morgan fingerprint density at radius 3 is 2.84 bits per heavy atom. The summed E-state index contributed by atoms with van der Waals surface area (Å²) in [6.07, 6.45) is 5.41. The number of fused-ring (bicyclic) bond motifs is 1. The molecule has 0 atom stereocenters. The van der Waals surface area contributed by atoms with Gasteiger partial charge in [-0.25, -0.2) is 0 Å². The van der Waals surface area contributed by atoms with Gasteiger partial charge >= 0.3 is 0 Å². The van der Waals surface area contributed by atoms with Crippen LogP contribution < -0.4 is 4.80 Å². The van der Waals surface area contributed by atoms with Gasteiger partial charge in [0.2, 0.25) is 0 Å². The van der Waals surface area contributed by atoms with Crippen LogP contribution in [0.2, 0.25) is 5.02 Å². The van der Waals surface area contributed by atoms with Gasteiger partial charge in [-0.2, -0.15) is 4.99 Å². The lowest BCUT2D eigenvalue weighted by atomic mass is 10.2. The van der Waals surface area contributed by atoms with Gasteiger partial charge < -0.3 is 4.57 Å². The Bertz CT molecular complexity index is 1110. The van der Waals surface area contributed by atoms with Gasteiger partial charge in [0.1, 0.15) is 0 Å². The summed E-state index contributed by atoms with van der Waals surface area (Å²) in [6.45, 7) is 0.249. The molecule has 0 fully saturated rings. The van der Waals surface area contributed by atoms with E-state index < -0.39 is 10.8 Å². The van der Waals surface area contributed by atoms with E-state index in [9.17, 15) is 14.9 Å². The van der Waals surface area contributed by atoms with Crippen molar-refractivity contribution >= 4 is 44.7 Å². The van der Waals surface area contributed by atoms with E-state index in [1.807, 2.05) is 24.3 Å². The highest BCUT2D eigenvalue weighted by Crippen LogP contribution is 2.23. The van der Waals surface area contributed by atoms with Crippen molar-refractivity contribution in [3.63, 3.8) is 0 Å². The Kier molecular flexibility index (Phi) is 4.65. The van der Waals surface area contributed by atoms with Crippen molar-refractivity contribution < 1.29 is 9.72 Å². The molecule has 1 heterocycles. The Morgan fingerprint density at radius 2 is 2.12 bits per heavy atom. The number of amides is 1. The van der Waals surface area contributed by atoms with E-state index in [2.05, 4.69) is 10.9 Å². The average Bonchev–Trinajstić information content (AvgIpc) is 2.93. The lowest BCUT2D eigenvalue weighted by molar-refractivity contribution is -0.384. The number of non-ortho nitro benzene ring substituents is 1. The molecule has 0 saturated carbocycles. The summed E-state index contributed by atoms with van der Waals surface area (Å²) >= 11 is 7.31. The predicted molar refractivity (Wildman–Crippen MR) is 96.6 cm³/mol. The van der Waals surface area contributed by atoms with Crippen LogP contribution >= 0.6 is 22.9 Å². The summed E-state index contributed by atoms with van der Waals surface area (Å²) in [5.41, 5.74) is 0.610. The van der Waals surface area contributed by atoms with Gasteiger partial charge in [0.05, 0.1) is 32.3 Å². The summed E-state index contributed by atoms with van der Waals surface area (Å²) in [4.78, 5) is 27.3. The highest BCUT2D eigenvalue weighted by molar-refractivity contribution is 7.16. The van der Waals surface area contributed by atoms with E-state index >= 15 is 0 Å². The van der Waals surface area contributed by atoms with Crippen molar-refractivity contribution in [3.8, 4) is 12.3 Å². The van der Waals surface area contributed by atoms with Crippen LogP contribution in [-0.2, 0) is 6.54 Å². The molecule has 0 spiro atoms. The Morgan fingerprint density at radius 1 is 1.36 bits per heavy atom. The largest absolute Gasteiger partial charge is 0.305 e. The molecule has 0 bridgehead atoms. The third-order valence-electron chi connectivity index (χ3n) is 3.43. The molecule has 3 rings (SSSR count). The number of carbonyl (C=O) groups is 1. The van der Waals surface area contributed by atoms with Crippen LogP contribution in [0.15, 0.2) is 47.5 Å². The zero-order chi connectivity index (χ0) is 18.0. The van der Waals surface area contributed by atoms with Gasteiger partial charge in [0.25, 0.3) is 11.6 Å². The van der Waals surface area contributed by atoms with Crippen molar-refractivity contribution in [2.45, 2.75) is 6.54 Å². The van der Waals surface area contributed by atoms with Crippen LogP contribution in [0.3, 0.4) is 0 Å². The first-order valence-electron chi connectivity index (χ1n) is 7.06. The molecule has 0 aliphatic heterocycles. The fourth-order valence-corrected chi connectivity index (χ4v) is 3.51. The van der Waals surface area contributed by atoms with E-state index in [0.29, 0.717) is 4.80 Å². The number of hydrogen-bond donors (Lipinski definition) is 0. The number of benzene rings is 2. The number of nitro benzene ring substituents is 1. The first kappa shape index (κ1) is 16.9. The van der Waals surface area contributed by atoms with Crippen LogP contribution in [0, 0.1) is 22.5 Å². The van der Waals surface area contributed by atoms with E-state index in [1.54, 1.807) is 4.57 Å². The molecular weight excluding hydrogens is 362 g/mol. The Balaban J connectivity index is 2.16. The summed E-state index contributed by atoms with van der Waals surface area (Å²) in [5.74, 6) is 1.87. The van der Waals surface area contributed by atoms with Gasteiger partial charge in [-0.15, -0.1) is 6.42 Å². The second-order valence-electron chi connectivity index (χ2n) is 4.98. The maximum absolute atomic E-state index is 12.5. The molecule has 0 aliphatic carbocycles. The smallest absolute Gasteiger partial charge is 0.281 e. The zero-order valence-corrected chi connectivity index (χ0v) is 14.3. The molecule has 1 aromatic heterocycles. The van der Waals surface area contributed by atoms with Crippen molar-refractivity contribution in [1.29, 1.82) is 0 Å². The first-order valence-corrected chi connectivity index (χ1v) is 8.25. The van der Waals surface area contributed by atoms with Crippen LogP contribution in [0.1, 0.15) is 10.4 Å². The SMILES string of the molecule is C#CCn1c(=NC(=O)c2cc([N+](=O)[O-])ccc2Cl)sc2ccccc21. The van der Waals surface area contributed by atoms with Crippen LogP contribution in [0.25, 0.3) is 10.2 Å². The number of terminal acetylenes is 1. The number of rotatable bonds is 3. The lowest BCUT2D eigenvalue weighted by Gasteiger charge is -2.01. The molecule has 2 aromatic carbocycles. The van der Waals surface area contributed by atoms with Gasteiger partial charge in [0, 0.05) is 12.1 Å². The molecule has 3 aromatic rings. The number of halogens is 1.